The smallest absolute Gasteiger partial charge is 0.157 e. The molecule has 1 saturated heterocycles. The summed E-state index contributed by atoms with van der Waals surface area (Å²) in [6.07, 6.45) is 2.57. The summed E-state index contributed by atoms with van der Waals surface area (Å²) in [7, 11) is 1.94. The first-order valence-electron chi connectivity index (χ1n) is 7.19. The lowest BCUT2D eigenvalue weighted by Gasteiger charge is -2.35. The molecule has 1 aliphatic rings. The highest BCUT2D eigenvalue weighted by Gasteiger charge is 2.22. The Bertz CT molecular complexity index is 612. The number of pyridine rings is 1. The standard InChI is InChI=1S/C15H22N4O/c1-10-7-19(8-11(2)20-10)9-13-5-14-12(3)17-18(4)15(14)16-6-13/h5-6,10-11H,7-9H2,1-4H3/t10-,11+. The fourth-order valence-corrected chi connectivity index (χ4v) is 3.11. The largest absolute Gasteiger partial charge is 0.373 e. The van der Waals surface area contributed by atoms with Crippen molar-refractivity contribution in [2.45, 2.75) is 39.5 Å². The number of aryl methyl sites for hydroxylation is 2. The van der Waals surface area contributed by atoms with Crippen LogP contribution in [-0.4, -0.2) is 45.0 Å². The van der Waals surface area contributed by atoms with E-state index in [1.54, 1.807) is 0 Å². The van der Waals surface area contributed by atoms with E-state index in [9.17, 15) is 0 Å². The molecule has 0 spiro atoms. The second-order valence-corrected chi connectivity index (χ2v) is 5.88. The highest BCUT2D eigenvalue weighted by molar-refractivity contribution is 5.78. The molecule has 1 aliphatic heterocycles. The summed E-state index contributed by atoms with van der Waals surface area (Å²) in [6.45, 7) is 9.19. The molecule has 108 valence electrons. The average molecular weight is 274 g/mol. The molecular weight excluding hydrogens is 252 g/mol. The fraction of sp³-hybridized carbons (Fsp3) is 0.600. The van der Waals surface area contributed by atoms with E-state index in [1.165, 1.54) is 5.56 Å². The molecule has 2 aromatic rings. The van der Waals surface area contributed by atoms with Gasteiger partial charge in [0.1, 0.15) is 0 Å². The van der Waals surface area contributed by atoms with Crippen LogP contribution in [0.4, 0.5) is 0 Å². The van der Waals surface area contributed by atoms with Crippen molar-refractivity contribution in [3.8, 4) is 0 Å². The van der Waals surface area contributed by atoms with Gasteiger partial charge in [0.2, 0.25) is 0 Å². The Morgan fingerprint density at radius 2 is 2.00 bits per heavy atom. The maximum atomic E-state index is 5.78. The molecule has 3 heterocycles. The van der Waals surface area contributed by atoms with Gasteiger partial charge < -0.3 is 4.74 Å². The van der Waals surface area contributed by atoms with E-state index in [0.29, 0.717) is 12.2 Å². The SMILES string of the molecule is Cc1nn(C)c2ncc(CN3C[C@@H](C)O[C@@H](C)C3)cc12. The zero-order valence-corrected chi connectivity index (χ0v) is 12.6. The van der Waals surface area contributed by atoms with E-state index in [2.05, 4.69) is 34.9 Å². The first-order valence-corrected chi connectivity index (χ1v) is 7.19. The highest BCUT2D eigenvalue weighted by Crippen LogP contribution is 2.19. The van der Waals surface area contributed by atoms with Gasteiger partial charge in [0, 0.05) is 38.3 Å². The number of nitrogens with zero attached hydrogens (tertiary/aromatic N) is 4. The molecule has 3 rings (SSSR count). The van der Waals surface area contributed by atoms with Crippen molar-refractivity contribution in [3.63, 3.8) is 0 Å². The Morgan fingerprint density at radius 3 is 2.70 bits per heavy atom. The topological polar surface area (TPSA) is 43.2 Å². The van der Waals surface area contributed by atoms with E-state index in [1.807, 2.05) is 24.9 Å². The predicted molar refractivity (Wildman–Crippen MR) is 78.5 cm³/mol. The molecule has 5 nitrogen and oxygen atoms in total. The number of ether oxygens (including phenoxy) is 1. The number of rotatable bonds is 2. The average Bonchev–Trinajstić information content (AvgIpc) is 2.63. The van der Waals surface area contributed by atoms with Crippen LogP contribution < -0.4 is 0 Å². The lowest BCUT2D eigenvalue weighted by atomic mass is 10.1. The van der Waals surface area contributed by atoms with Crippen molar-refractivity contribution >= 4 is 11.0 Å². The third kappa shape index (κ3) is 2.55. The van der Waals surface area contributed by atoms with Crippen LogP contribution in [0, 0.1) is 6.92 Å². The quantitative estimate of drug-likeness (QED) is 0.838. The summed E-state index contributed by atoms with van der Waals surface area (Å²) < 4.78 is 7.62. The third-order valence-electron chi connectivity index (χ3n) is 3.82. The van der Waals surface area contributed by atoms with E-state index in [0.717, 1.165) is 36.4 Å². The predicted octanol–water partition coefficient (Wildman–Crippen LogP) is 1.89. The van der Waals surface area contributed by atoms with Gasteiger partial charge in [0.25, 0.3) is 0 Å². The van der Waals surface area contributed by atoms with Gasteiger partial charge >= 0.3 is 0 Å². The van der Waals surface area contributed by atoms with Gasteiger partial charge in [-0.15, -0.1) is 0 Å². The van der Waals surface area contributed by atoms with Crippen LogP contribution in [0.15, 0.2) is 12.3 Å². The summed E-state index contributed by atoms with van der Waals surface area (Å²) in [5.74, 6) is 0. The lowest BCUT2D eigenvalue weighted by molar-refractivity contribution is -0.0705. The van der Waals surface area contributed by atoms with E-state index < -0.39 is 0 Å². The van der Waals surface area contributed by atoms with Gasteiger partial charge in [-0.2, -0.15) is 5.10 Å². The minimum absolute atomic E-state index is 0.301. The number of hydrogen-bond donors (Lipinski definition) is 0. The molecule has 2 aromatic heterocycles. The van der Waals surface area contributed by atoms with Crippen molar-refractivity contribution in [3.05, 3.63) is 23.5 Å². The molecule has 0 radical (unpaired) electrons. The second kappa shape index (κ2) is 5.14. The zero-order chi connectivity index (χ0) is 14.3. The second-order valence-electron chi connectivity index (χ2n) is 5.88. The fourth-order valence-electron chi connectivity index (χ4n) is 3.11. The summed E-state index contributed by atoms with van der Waals surface area (Å²) in [4.78, 5) is 6.99. The van der Waals surface area contributed by atoms with Gasteiger partial charge in [-0.05, 0) is 32.4 Å². The minimum atomic E-state index is 0.301. The van der Waals surface area contributed by atoms with Crippen molar-refractivity contribution in [1.82, 2.24) is 19.7 Å². The van der Waals surface area contributed by atoms with Gasteiger partial charge in [-0.1, -0.05) is 0 Å². The lowest BCUT2D eigenvalue weighted by Crippen LogP contribution is -2.44. The Morgan fingerprint density at radius 1 is 1.30 bits per heavy atom. The first kappa shape index (κ1) is 13.5. The van der Waals surface area contributed by atoms with Crippen molar-refractivity contribution in [1.29, 1.82) is 0 Å². The molecule has 0 unspecified atom stereocenters. The van der Waals surface area contributed by atoms with Crippen LogP contribution in [0.3, 0.4) is 0 Å². The summed E-state index contributed by atoms with van der Waals surface area (Å²) in [6, 6.07) is 2.22. The Kier molecular flexibility index (Phi) is 3.48. The van der Waals surface area contributed by atoms with E-state index in [4.69, 9.17) is 4.74 Å². The molecule has 0 saturated carbocycles. The van der Waals surface area contributed by atoms with Crippen LogP contribution in [0.2, 0.25) is 0 Å². The molecule has 0 N–H and O–H groups in total. The number of hydrogen-bond acceptors (Lipinski definition) is 4. The van der Waals surface area contributed by atoms with Gasteiger partial charge in [0.05, 0.1) is 17.9 Å². The summed E-state index contributed by atoms with van der Waals surface area (Å²) in [5.41, 5.74) is 3.24. The number of aromatic nitrogens is 3. The Hall–Kier alpha value is -1.46. The Labute approximate surface area is 119 Å². The van der Waals surface area contributed by atoms with Crippen molar-refractivity contribution < 1.29 is 4.74 Å². The maximum Gasteiger partial charge on any atom is 0.157 e. The highest BCUT2D eigenvalue weighted by atomic mass is 16.5. The third-order valence-corrected chi connectivity index (χ3v) is 3.82. The molecule has 1 fully saturated rings. The van der Waals surface area contributed by atoms with Crippen molar-refractivity contribution in [2.24, 2.45) is 7.05 Å². The molecule has 2 atom stereocenters. The first-order chi connectivity index (χ1) is 9.52. The van der Waals surface area contributed by atoms with Crippen LogP contribution in [-0.2, 0) is 18.3 Å². The van der Waals surface area contributed by atoms with Crippen LogP contribution in [0.1, 0.15) is 25.1 Å². The molecule has 0 amide bonds. The number of fused-ring (bicyclic) bond motifs is 1. The molecule has 0 aliphatic carbocycles. The molecule has 20 heavy (non-hydrogen) atoms. The van der Waals surface area contributed by atoms with Crippen LogP contribution in [0.5, 0.6) is 0 Å². The minimum Gasteiger partial charge on any atom is -0.373 e. The van der Waals surface area contributed by atoms with Crippen LogP contribution in [0.25, 0.3) is 11.0 Å². The summed E-state index contributed by atoms with van der Waals surface area (Å²) in [5, 5.41) is 5.57. The molecular formula is C15H22N4O. The van der Waals surface area contributed by atoms with Gasteiger partial charge in [-0.3, -0.25) is 9.58 Å². The maximum absolute atomic E-state index is 5.78. The van der Waals surface area contributed by atoms with Gasteiger partial charge in [0.15, 0.2) is 5.65 Å². The van der Waals surface area contributed by atoms with Crippen LogP contribution >= 0.6 is 0 Å². The van der Waals surface area contributed by atoms with Crippen molar-refractivity contribution in [2.75, 3.05) is 13.1 Å². The molecule has 0 bridgehead atoms. The molecule has 5 heteroatoms. The summed E-state index contributed by atoms with van der Waals surface area (Å²) >= 11 is 0. The number of morpholine rings is 1. The van der Waals surface area contributed by atoms with E-state index >= 15 is 0 Å². The van der Waals surface area contributed by atoms with Gasteiger partial charge in [-0.25, -0.2) is 4.98 Å². The monoisotopic (exact) mass is 274 g/mol. The Balaban J connectivity index is 1.82. The normalized spacial score (nSPS) is 24.4. The molecule has 0 aromatic carbocycles. The van der Waals surface area contributed by atoms with E-state index in [-0.39, 0.29) is 0 Å². The zero-order valence-electron chi connectivity index (χ0n) is 12.6.